The van der Waals surface area contributed by atoms with Crippen LogP contribution in [0.4, 0.5) is 0 Å². The zero-order chi connectivity index (χ0) is 19.8. The summed E-state index contributed by atoms with van der Waals surface area (Å²) >= 11 is 11.9. The van der Waals surface area contributed by atoms with Gasteiger partial charge in [0.1, 0.15) is 12.2 Å². The summed E-state index contributed by atoms with van der Waals surface area (Å²) in [5.74, 6) is -1.73. The molecule has 0 aliphatic carbocycles. The van der Waals surface area contributed by atoms with E-state index in [0.717, 1.165) is 16.7 Å². The maximum atomic E-state index is 11.5. The first-order chi connectivity index (χ1) is 12.8. The highest BCUT2D eigenvalue weighted by Gasteiger charge is 2.11. The molecule has 0 spiro atoms. The van der Waals surface area contributed by atoms with Crippen LogP contribution < -0.4 is 0 Å². The number of Topliss-reactive ketones (excluding diaryl/α,β-unsaturated/α-hetero) is 1. The molecule has 0 aliphatic heterocycles. The summed E-state index contributed by atoms with van der Waals surface area (Å²) in [5, 5.41) is 19.7. The first kappa shape index (κ1) is 20.9. The van der Waals surface area contributed by atoms with Crippen molar-refractivity contribution in [2.45, 2.75) is 18.9 Å². The highest BCUT2D eigenvalue weighted by Crippen LogP contribution is 2.26. The maximum Gasteiger partial charge on any atom is 0.310 e. The van der Waals surface area contributed by atoms with Crippen LogP contribution in [0.25, 0.3) is 5.57 Å². The number of benzene rings is 2. The molecule has 1 atom stereocenters. The van der Waals surface area contributed by atoms with Gasteiger partial charge in [0.25, 0.3) is 0 Å². The highest BCUT2D eigenvalue weighted by atomic mass is 35.5. The van der Waals surface area contributed by atoms with E-state index in [-0.39, 0.29) is 6.42 Å². The number of carboxylic acid groups (broad SMARTS) is 1. The molecule has 4 nitrogen and oxygen atoms in total. The molecule has 2 N–H and O–H groups in total. The van der Waals surface area contributed by atoms with Gasteiger partial charge in [-0.2, -0.15) is 0 Å². The van der Waals surface area contributed by atoms with Gasteiger partial charge in [-0.05, 0) is 41.0 Å². The van der Waals surface area contributed by atoms with Gasteiger partial charge in [-0.15, -0.1) is 0 Å². The van der Waals surface area contributed by atoms with Gasteiger partial charge in [0.05, 0.1) is 6.10 Å². The number of carbonyl (C=O) groups excluding carboxylic acids is 1. The van der Waals surface area contributed by atoms with Crippen molar-refractivity contribution in [1.82, 2.24) is 0 Å². The van der Waals surface area contributed by atoms with Crippen LogP contribution in [0.1, 0.15) is 24.0 Å². The van der Waals surface area contributed by atoms with Crippen molar-refractivity contribution in [2.24, 2.45) is 0 Å². The molecule has 0 saturated carbocycles. The summed E-state index contributed by atoms with van der Waals surface area (Å²) in [4.78, 5) is 22.0. The van der Waals surface area contributed by atoms with Gasteiger partial charge in [-0.25, -0.2) is 0 Å². The fourth-order valence-electron chi connectivity index (χ4n) is 2.44. The van der Waals surface area contributed by atoms with Crippen LogP contribution in [0.3, 0.4) is 0 Å². The Morgan fingerprint density at radius 3 is 1.85 bits per heavy atom. The maximum absolute atomic E-state index is 11.5. The van der Waals surface area contributed by atoms with Crippen LogP contribution >= 0.6 is 23.2 Å². The Morgan fingerprint density at radius 2 is 1.41 bits per heavy atom. The minimum atomic E-state index is -1.20. The molecular weight excluding hydrogens is 387 g/mol. The van der Waals surface area contributed by atoms with E-state index in [4.69, 9.17) is 28.3 Å². The van der Waals surface area contributed by atoms with Crippen LogP contribution in [-0.4, -0.2) is 28.1 Å². The number of ketones is 1. The van der Waals surface area contributed by atoms with Crippen LogP contribution in [0.5, 0.6) is 0 Å². The summed E-state index contributed by atoms with van der Waals surface area (Å²) in [6, 6.07) is 14.6. The molecule has 0 amide bonds. The molecule has 2 aromatic rings. The molecule has 27 heavy (non-hydrogen) atoms. The lowest BCUT2D eigenvalue weighted by atomic mass is 9.97. The summed E-state index contributed by atoms with van der Waals surface area (Å²) < 4.78 is 0. The number of halogens is 2. The SMILES string of the molecule is O=C(O)CC(=O)CC(O)/C=C/C=C(c1ccc(Cl)cc1)c1ccc(Cl)cc1. The van der Waals surface area contributed by atoms with Gasteiger partial charge >= 0.3 is 5.97 Å². The number of hydrogen-bond donors (Lipinski definition) is 2. The molecule has 0 fully saturated rings. The lowest BCUT2D eigenvalue weighted by molar-refractivity contribution is -0.140. The fourth-order valence-corrected chi connectivity index (χ4v) is 2.69. The monoisotopic (exact) mass is 404 g/mol. The number of aliphatic hydroxyl groups excluding tert-OH is 1. The van der Waals surface area contributed by atoms with Gasteiger partial charge in [0.2, 0.25) is 0 Å². The number of rotatable bonds is 8. The largest absolute Gasteiger partial charge is 0.481 e. The third kappa shape index (κ3) is 7.02. The number of aliphatic hydroxyl groups is 1. The first-order valence-corrected chi connectivity index (χ1v) is 8.92. The third-order valence-corrected chi connectivity index (χ3v) is 4.20. The van der Waals surface area contributed by atoms with Gasteiger partial charge in [0.15, 0.2) is 0 Å². The van der Waals surface area contributed by atoms with Crippen molar-refractivity contribution in [2.75, 3.05) is 0 Å². The Bertz CT molecular complexity index is 805. The number of hydrogen-bond acceptors (Lipinski definition) is 3. The summed E-state index contributed by atoms with van der Waals surface area (Å²) in [6.07, 6.45) is 3.00. The van der Waals surface area contributed by atoms with Crippen molar-refractivity contribution >= 4 is 40.5 Å². The Balaban J connectivity index is 2.22. The molecule has 0 aromatic heterocycles. The molecule has 6 heteroatoms. The molecular formula is C21H18Cl2O4. The van der Waals surface area contributed by atoms with Crippen molar-refractivity contribution < 1.29 is 19.8 Å². The number of carbonyl (C=O) groups is 2. The predicted octanol–water partition coefficient (Wildman–Crippen LogP) is 4.78. The van der Waals surface area contributed by atoms with E-state index < -0.39 is 24.3 Å². The van der Waals surface area contributed by atoms with Crippen LogP contribution in [-0.2, 0) is 9.59 Å². The van der Waals surface area contributed by atoms with Crippen LogP contribution in [0.2, 0.25) is 10.0 Å². The summed E-state index contributed by atoms with van der Waals surface area (Å²) in [6.45, 7) is 0. The standard InChI is InChI=1S/C21H18Cl2O4/c22-16-8-4-14(5-9-16)20(15-6-10-17(23)11-7-15)3-1-2-18(24)12-19(25)13-21(26)27/h1-11,18,24H,12-13H2,(H,26,27)/b2-1+. The quantitative estimate of drug-likeness (QED) is 0.490. The molecule has 140 valence electrons. The lowest BCUT2D eigenvalue weighted by Gasteiger charge is -2.09. The van der Waals surface area contributed by atoms with E-state index >= 15 is 0 Å². The van der Waals surface area contributed by atoms with E-state index in [2.05, 4.69) is 0 Å². The van der Waals surface area contributed by atoms with Crippen LogP contribution in [0.15, 0.2) is 66.8 Å². The smallest absolute Gasteiger partial charge is 0.310 e. The van der Waals surface area contributed by atoms with Crippen molar-refractivity contribution in [3.8, 4) is 0 Å². The Morgan fingerprint density at radius 1 is 0.926 bits per heavy atom. The molecule has 0 saturated heterocycles. The van der Waals surface area contributed by atoms with Crippen molar-refractivity contribution in [1.29, 1.82) is 0 Å². The van der Waals surface area contributed by atoms with Gasteiger partial charge in [-0.3, -0.25) is 9.59 Å². The normalized spacial score (nSPS) is 12.0. The number of aliphatic carboxylic acids is 1. The summed E-state index contributed by atoms with van der Waals surface area (Å²) in [7, 11) is 0. The van der Waals surface area contributed by atoms with E-state index in [1.54, 1.807) is 36.4 Å². The van der Waals surface area contributed by atoms with E-state index in [9.17, 15) is 14.7 Å². The van der Waals surface area contributed by atoms with E-state index in [1.165, 1.54) is 6.08 Å². The molecule has 0 bridgehead atoms. The van der Waals surface area contributed by atoms with E-state index in [0.29, 0.717) is 10.0 Å². The molecule has 0 radical (unpaired) electrons. The first-order valence-electron chi connectivity index (χ1n) is 8.17. The Kier molecular flexibility index (Phi) is 7.80. The minimum absolute atomic E-state index is 0.242. The van der Waals surface area contributed by atoms with Crippen molar-refractivity contribution in [3.05, 3.63) is 87.9 Å². The number of allylic oxidation sites excluding steroid dienone is 2. The van der Waals surface area contributed by atoms with Crippen LogP contribution in [0, 0.1) is 0 Å². The highest BCUT2D eigenvalue weighted by molar-refractivity contribution is 6.31. The fraction of sp³-hybridized carbons (Fsp3) is 0.143. The molecule has 0 aliphatic rings. The predicted molar refractivity (Wildman–Crippen MR) is 107 cm³/mol. The minimum Gasteiger partial charge on any atom is -0.481 e. The van der Waals surface area contributed by atoms with Gasteiger partial charge < -0.3 is 10.2 Å². The topological polar surface area (TPSA) is 74.6 Å². The second kappa shape index (κ2) is 10.1. The average molecular weight is 405 g/mol. The van der Waals surface area contributed by atoms with Gasteiger partial charge in [0, 0.05) is 16.5 Å². The average Bonchev–Trinajstić information content (AvgIpc) is 2.60. The van der Waals surface area contributed by atoms with Gasteiger partial charge in [-0.1, -0.05) is 65.7 Å². The Labute approximate surface area is 167 Å². The third-order valence-electron chi connectivity index (χ3n) is 3.69. The Hall–Kier alpha value is -2.40. The lowest BCUT2D eigenvalue weighted by Crippen LogP contribution is -2.14. The zero-order valence-electron chi connectivity index (χ0n) is 14.3. The zero-order valence-corrected chi connectivity index (χ0v) is 15.8. The summed E-state index contributed by atoms with van der Waals surface area (Å²) in [5.41, 5.74) is 2.72. The molecule has 0 heterocycles. The second-order valence-electron chi connectivity index (χ2n) is 5.86. The van der Waals surface area contributed by atoms with E-state index in [1.807, 2.05) is 24.3 Å². The molecule has 2 rings (SSSR count). The van der Waals surface area contributed by atoms with Crippen molar-refractivity contribution in [3.63, 3.8) is 0 Å². The second-order valence-corrected chi connectivity index (χ2v) is 6.73. The molecule has 1 unspecified atom stereocenters. The molecule has 2 aromatic carbocycles. The number of carboxylic acids is 1.